The van der Waals surface area contributed by atoms with Crippen molar-refractivity contribution in [3.05, 3.63) is 12.3 Å². The van der Waals surface area contributed by atoms with Crippen molar-refractivity contribution in [3.63, 3.8) is 0 Å². The molecule has 8 heavy (non-hydrogen) atoms. The van der Waals surface area contributed by atoms with E-state index < -0.39 is 0 Å². The van der Waals surface area contributed by atoms with Crippen molar-refractivity contribution in [2.75, 3.05) is 13.6 Å². The Hall–Kier alpha value is -0.500. The molecule has 0 saturated carbocycles. The monoisotopic (exact) mass is 112 g/mol. The molecule has 0 unspecified atom stereocenters. The second-order valence-electron chi connectivity index (χ2n) is 2.05. The Bertz CT molecular complexity index is 98.7. The molecule has 1 aliphatic heterocycles. The summed E-state index contributed by atoms with van der Waals surface area (Å²) in [5.41, 5.74) is 4.26. The zero-order valence-corrected chi connectivity index (χ0v) is 5.28. The minimum atomic E-state index is 1.12. The predicted octanol–water partition coefficient (Wildman–Crippen LogP) is 0.730. The largest absolute Gasteiger partial charge is 0.313 e. The molecule has 0 bridgehead atoms. The van der Waals surface area contributed by atoms with Gasteiger partial charge in [-0.25, -0.2) is 5.43 Å². The van der Waals surface area contributed by atoms with E-state index in [0.29, 0.717) is 0 Å². The van der Waals surface area contributed by atoms with Gasteiger partial charge in [0, 0.05) is 19.3 Å². The molecule has 46 valence electrons. The molecule has 1 aliphatic rings. The molecule has 1 N–H and O–H groups in total. The van der Waals surface area contributed by atoms with Crippen LogP contribution in [0.5, 0.6) is 0 Å². The molecule has 0 radical (unpaired) electrons. The second kappa shape index (κ2) is 2.18. The van der Waals surface area contributed by atoms with Crippen molar-refractivity contribution in [2.24, 2.45) is 0 Å². The standard InChI is InChI=1S/C6H12N2/c1-6-4-3-5-8(6)7-2/h7H,1,3-5H2,2H3. The maximum Gasteiger partial charge on any atom is 0.0344 e. The van der Waals surface area contributed by atoms with Crippen LogP contribution in [0.2, 0.25) is 0 Å². The molecule has 0 atom stereocenters. The van der Waals surface area contributed by atoms with E-state index in [4.69, 9.17) is 0 Å². The number of nitrogens with one attached hydrogen (secondary N) is 1. The lowest BCUT2D eigenvalue weighted by atomic mass is 10.3. The van der Waals surface area contributed by atoms with E-state index in [0.717, 1.165) is 13.0 Å². The topological polar surface area (TPSA) is 15.3 Å². The minimum Gasteiger partial charge on any atom is -0.313 e. The van der Waals surface area contributed by atoms with Crippen LogP contribution in [0.25, 0.3) is 0 Å². The zero-order valence-electron chi connectivity index (χ0n) is 5.28. The van der Waals surface area contributed by atoms with Gasteiger partial charge in [-0.1, -0.05) is 6.58 Å². The maximum absolute atomic E-state index is 3.87. The van der Waals surface area contributed by atoms with Crippen molar-refractivity contribution >= 4 is 0 Å². The van der Waals surface area contributed by atoms with Gasteiger partial charge in [-0.15, -0.1) is 0 Å². The van der Waals surface area contributed by atoms with E-state index in [1.54, 1.807) is 0 Å². The average molecular weight is 112 g/mol. The molecule has 1 heterocycles. The molecule has 1 fully saturated rings. The zero-order chi connectivity index (χ0) is 5.98. The summed E-state index contributed by atoms with van der Waals surface area (Å²) in [5.74, 6) is 0. The smallest absolute Gasteiger partial charge is 0.0344 e. The summed E-state index contributed by atoms with van der Waals surface area (Å²) < 4.78 is 0. The molecule has 0 amide bonds. The number of hydrogen-bond acceptors (Lipinski definition) is 2. The molecule has 0 aromatic heterocycles. The molecule has 2 heteroatoms. The summed E-state index contributed by atoms with van der Waals surface area (Å²) >= 11 is 0. The Kier molecular flexibility index (Phi) is 1.53. The quantitative estimate of drug-likeness (QED) is 0.538. The van der Waals surface area contributed by atoms with Gasteiger partial charge in [0.1, 0.15) is 0 Å². The van der Waals surface area contributed by atoms with Crippen LogP contribution in [0, 0.1) is 0 Å². The molecule has 0 aliphatic carbocycles. The lowest BCUT2D eigenvalue weighted by molar-refractivity contribution is 0.312. The molecule has 0 aromatic rings. The summed E-state index contributed by atoms with van der Waals surface area (Å²) in [4.78, 5) is 0. The second-order valence-corrected chi connectivity index (χ2v) is 2.05. The highest BCUT2D eigenvalue weighted by Crippen LogP contribution is 2.14. The van der Waals surface area contributed by atoms with Gasteiger partial charge in [-0.3, -0.25) is 0 Å². The molecule has 1 rings (SSSR count). The minimum absolute atomic E-state index is 1.12. The summed E-state index contributed by atoms with van der Waals surface area (Å²) in [6.45, 7) is 4.99. The van der Waals surface area contributed by atoms with E-state index in [1.165, 1.54) is 12.1 Å². The summed E-state index contributed by atoms with van der Waals surface area (Å²) in [7, 11) is 1.93. The molecular weight excluding hydrogens is 100 g/mol. The van der Waals surface area contributed by atoms with Gasteiger partial charge < -0.3 is 5.01 Å². The van der Waals surface area contributed by atoms with Crippen molar-refractivity contribution in [3.8, 4) is 0 Å². The van der Waals surface area contributed by atoms with Crippen molar-refractivity contribution < 1.29 is 0 Å². The highest BCUT2D eigenvalue weighted by Gasteiger charge is 2.11. The lowest BCUT2D eigenvalue weighted by Crippen LogP contribution is -2.29. The van der Waals surface area contributed by atoms with Crippen molar-refractivity contribution in [2.45, 2.75) is 12.8 Å². The lowest BCUT2D eigenvalue weighted by Gasteiger charge is -2.15. The van der Waals surface area contributed by atoms with Gasteiger partial charge in [0.2, 0.25) is 0 Å². The average Bonchev–Trinajstić information content (AvgIpc) is 2.14. The van der Waals surface area contributed by atoms with Crippen LogP contribution in [-0.4, -0.2) is 18.6 Å². The number of allylic oxidation sites excluding steroid dienone is 1. The third-order valence-electron chi connectivity index (χ3n) is 1.50. The fraction of sp³-hybridized carbons (Fsp3) is 0.667. The highest BCUT2D eigenvalue weighted by atomic mass is 15.5. The normalized spacial score (nSPS) is 20.1. The van der Waals surface area contributed by atoms with Crippen LogP contribution in [0.3, 0.4) is 0 Å². The summed E-state index contributed by atoms with van der Waals surface area (Å²) in [6.07, 6.45) is 2.40. The van der Waals surface area contributed by atoms with Gasteiger partial charge in [0.05, 0.1) is 0 Å². The van der Waals surface area contributed by atoms with Crippen LogP contribution < -0.4 is 5.43 Å². The van der Waals surface area contributed by atoms with E-state index in [2.05, 4.69) is 17.0 Å². The number of nitrogens with zero attached hydrogens (tertiary/aromatic N) is 1. The van der Waals surface area contributed by atoms with Gasteiger partial charge in [0.15, 0.2) is 0 Å². The third-order valence-corrected chi connectivity index (χ3v) is 1.50. The van der Waals surface area contributed by atoms with E-state index in [1.807, 2.05) is 7.05 Å². The van der Waals surface area contributed by atoms with Crippen LogP contribution in [0.15, 0.2) is 12.3 Å². The SMILES string of the molecule is C=C1CCCN1NC. The van der Waals surface area contributed by atoms with E-state index in [-0.39, 0.29) is 0 Å². The van der Waals surface area contributed by atoms with Gasteiger partial charge in [-0.2, -0.15) is 0 Å². The first-order valence-electron chi connectivity index (χ1n) is 2.97. The van der Waals surface area contributed by atoms with Crippen LogP contribution in [-0.2, 0) is 0 Å². The fourth-order valence-corrected chi connectivity index (χ4v) is 1.00. The van der Waals surface area contributed by atoms with Crippen LogP contribution in [0.1, 0.15) is 12.8 Å². The number of hydrazine groups is 1. The molecular formula is C6H12N2. The molecule has 1 saturated heterocycles. The first-order valence-corrected chi connectivity index (χ1v) is 2.97. The Morgan fingerprint density at radius 3 is 2.75 bits per heavy atom. The summed E-state index contributed by atoms with van der Waals surface area (Å²) in [5, 5.41) is 2.08. The maximum atomic E-state index is 3.87. The third kappa shape index (κ3) is 0.842. The van der Waals surface area contributed by atoms with Crippen molar-refractivity contribution in [1.82, 2.24) is 10.4 Å². The molecule has 0 aromatic carbocycles. The van der Waals surface area contributed by atoms with Crippen LogP contribution in [0.4, 0.5) is 0 Å². The van der Waals surface area contributed by atoms with E-state index in [9.17, 15) is 0 Å². The Labute approximate surface area is 50.1 Å². The number of rotatable bonds is 1. The van der Waals surface area contributed by atoms with E-state index >= 15 is 0 Å². The fourth-order valence-electron chi connectivity index (χ4n) is 1.00. The first kappa shape index (κ1) is 5.63. The van der Waals surface area contributed by atoms with Gasteiger partial charge in [-0.05, 0) is 12.8 Å². The van der Waals surface area contributed by atoms with Crippen LogP contribution >= 0.6 is 0 Å². The number of hydrogen-bond donors (Lipinski definition) is 1. The predicted molar refractivity (Wildman–Crippen MR) is 34.1 cm³/mol. The van der Waals surface area contributed by atoms with Crippen molar-refractivity contribution in [1.29, 1.82) is 0 Å². The molecule has 2 nitrogen and oxygen atoms in total. The highest BCUT2D eigenvalue weighted by molar-refractivity contribution is 4.96. The Morgan fingerprint density at radius 1 is 1.75 bits per heavy atom. The van der Waals surface area contributed by atoms with Gasteiger partial charge in [0.25, 0.3) is 0 Å². The van der Waals surface area contributed by atoms with Gasteiger partial charge >= 0.3 is 0 Å². The Morgan fingerprint density at radius 2 is 2.50 bits per heavy atom. The summed E-state index contributed by atoms with van der Waals surface area (Å²) in [6, 6.07) is 0. The Balaban J connectivity index is 2.42. The first-order chi connectivity index (χ1) is 3.84. The molecule has 0 spiro atoms.